The van der Waals surface area contributed by atoms with Gasteiger partial charge in [-0.1, -0.05) is 24.3 Å². The Hall–Kier alpha value is -2.18. The van der Waals surface area contributed by atoms with E-state index in [1.807, 2.05) is 41.2 Å². The smallest absolute Gasteiger partial charge is 0.239 e. The maximum atomic E-state index is 11.7. The fraction of sp³-hybridized carbons (Fsp3) is 0.333. The van der Waals surface area contributed by atoms with Crippen molar-refractivity contribution in [3.05, 3.63) is 53.9 Å². The van der Waals surface area contributed by atoms with E-state index in [-0.39, 0.29) is 12.5 Å². The van der Waals surface area contributed by atoms with E-state index in [4.69, 9.17) is 10.5 Å². The Kier molecular flexibility index (Phi) is 5.48. The third-order valence-electron chi connectivity index (χ3n) is 3.08. The monoisotopic (exact) mass is 288 g/mol. The van der Waals surface area contributed by atoms with Gasteiger partial charge in [-0.2, -0.15) is 5.10 Å². The Morgan fingerprint density at radius 2 is 2.10 bits per heavy atom. The van der Waals surface area contributed by atoms with Gasteiger partial charge in [-0.25, -0.2) is 0 Å². The first-order valence-corrected chi connectivity index (χ1v) is 6.76. The predicted molar refractivity (Wildman–Crippen MR) is 79.5 cm³/mol. The second-order valence-corrected chi connectivity index (χ2v) is 4.80. The molecule has 1 heterocycles. The minimum atomic E-state index is -0.630. The van der Waals surface area contributed by atoms with Crippen LogP contribution in [0.2, 0.25) is 0 Å². The molecule has 6 nitrogen and oxygen atoms in total. The number of hydrogen-bond donors (Lipinski definition) is 2. The molecule has 0 radical (unpaired) electrons. The average molecular weight is 288 g/mol. The summed E-state index contributed by atoms with van der Waals surface area (Å²) in [5, 5.41) is 6.95. The van der Waals surface area contributed by atoms with E-state index in [0.717, 1.165) is 17.7 Å². The van der Waals surface area contributed by atoms with E-state index < -0.39 is 6.04 Å². The number of nitrogens with one attached hydrogen (secondary N) is 1. The summed E-state index contributed by atoms with van der Waals surface area (Å²) >= 11 is 0. The van der Waals surface area contributed by atoms with Crippen molar-refractivity contribution < 1.29 is 9.53 Å². The highest BCUT2D eigenvalue weighted by atomic mass is 16.5. The van der Waals surface area contributed by atoms with Gasteiger partial charge >= 0.3 is 0 Å². The zero-order chi connectivity index (χ0) is 15.1. The van der Waals surface area contributed by atoms with Crippen molar-refractivity contribution in [2.45, 2.75) is 19.1 Å². The number of methoxy groups -OCH3 is 1. The van der Waals surface area contributed by atoms with Crippen LogP contribution in [0.5, 0.6) is 0 Å². The minimum Gasteiger partial charge on any atom is -0.383 e. The van der Waals surface area contributed by atoms with E-state index in [0.29, 0.717) is 6.54 Å². The molecule has 3 N–H and O–H groups in total. The van der Waals surface area contributed by atoms with Crippen molar-refractivity contribution in [3.8, 4) is 0 Å². The molecule has 1 aromatic carbocycles. The molecule has 1 atom stereocenters. The first-order chi connectivity index (χ1) is 10.2. The molecule has 2 aromatic rings. The molecule has 0 saturated carbocycles. The van der Waals surface area contributed by atoms with Gasteiger partial charge in [-0.05, 0) is 17.2 Å². The molecular formula is C15H20N4O2. The van der Waals surface area contributed by atoms with Gasteiger partial charge in [0.15, 0.2) is 0 Å². The van der Waals surface area contributed by atoms with Gasteiger partial charge in [0.25, 0.3) is 0 Å². The number of rotatable bonds is 7. The molecule has 0 aliphatic rings. The second-order valence-electron chi connectivity index (χ2n) is 4.80. The van der Waals surface area contributed by atoms with Crippen LogP contribution in [0, 0.1) is 0 Å². The third kappa shape index (κ3) is 4.70. The van der Waals surface area contributed by atoms with E-state index in [9.17, 15) is 4.79 Å². The summed E-state index contributed by atoms with van der Waals surface area (Å²) < 4.78 is 6.71. The molecule has 21 heavy (non-hydrogen) atoms. The summed E-state index contributed by atoms with van der Waals surface area (Å²) in [6.45, 7) is 1.41. The summed E-state index contributed by atoms with van der Waals surface area (Å²) in [6, 6.07) is 9.29. The van der Waals surface area contributed by atoms with E-state index in [2.05, 4.69) is 10.4 Å². The molecule has 0 aliphatic carbocycles. The lowest BCUT2D eigenvalue weighted by Crippen LogP contribution is -2.43. The molecule has 0 fully saturated rings. The Labute approximate surface area is 123 Å². The maximum Gasteiger partial charge on any atom is 0.239 e. The standard InChI is InChI=1S/C15H20N4O2/c1-21-11-14(16)15(20)17-9-12-3-5-13(6-4-12)10-19-8-2-7-18-19/h2-8,14H,9-11,16H2,1H3,(H,17,20). The number of amides is 1. The molecule has 2 rings (SSSR count). The van der Waals surface area contributed by atoms with Crippen molar-refractivity contribution >= 4 is 5.91 Å². The van der Waals surface area contributed by atoms with Crippen molar-refractivity contribution in [2.75, 3.05) is 13.7 Å². The Balaban J connectivity index is 1.83. The fourth-order valence-corrected chi connectivity index (χ4v) is 1.92. The van der Waals surface area contributed by atoms with Crippen LogP contribution >= 0.6 is 0 Å². The molecule has 1 aromatic heterocycles. The highest BCUT2D eigenvalue weighted by Crippen LogP contribution is 2.06. The molecule has 0 spiro atoms. The molecule has 0 saturated heterocycles. The summed E-state index contributed by atoms with van der Waals surface area (Å²) in [5.41, 5.74) is 7.83. The van der Waals surface area contributed by atoms with Crippen LogP contribution in [0.1, 0.15) is 11.1 Å². The van der Waals surface area contributed by atoms with Gasteiger partial charge in [0.05, 0.1) is 13.2 Å². The predicted octanol–water partition coefficient (Wildman–Crippen LogP) is 0.521. The number of ether oxygens (including phenoxy) is 1. The summed E-state index contributed by atoms with van der Waals surface area (Å²) in [5.74, 6) is -0.211. The normalized spacial score (nSPS) is 12.1. The average Bonchev–Trinajstić information content (AvgIpc) is 2.99. The zero-order valence-corrected chi connectivity index (χ0v) is 12.0. The lowest BCUT2D eigenvalue weighted by molar-refractivity contribution is -0.123. The Morgan fingerprint density at radius 3 is 2.71 bits per heavy atom. The number of hydrogen-bond acceptors (Lipinski definition) is 4. The van der Waals surface area contributed by atoms with Gasteiger partial charge in [0, 0.05) is 26.0 Å². The maximum absolute atomic E-state index is 11.7. The lowest BCUT2D eigenvalue weighted by Gasteiger charge is -2.11. The van der Waals surface area contributed by atoms with E-state index in [1.54, 1.807) is 6.20 Å². The van der Waals surface area contributed by atoms with E-state index in [1.165, 1.54) is 7.11 Å². The van der Waals surface area contributed by atoms with Crippen LogP contribution in [0.25, 0.3) is 0 Å². The van der Waals surface area contributed by atoms with Crippen LogP contribution in [0.4, 0.5) is 0 Å². The van der Waals surface area contributed by atoms with Crippen molar-refractivity contribution in [2.24, 2.45) is 5.73 Å². The molecule has 0 aliphatic heterocycles. The number of nitrogens with zero attached hydrogens (tertiary/aromatic N) is 2. The van der Waals surface area contributed by atoms with E-state index >= 15 is 0 Å². The zero-order valence-electron chi connectivity index (χ0n) is 12.0. The van der Waals surface area contributed by atoms with Crippen molar-refractivity contribution in [1.82, 2.24) is 15.1 Å². The highest BCUT2D eigenvalue weighted by molar-refractivity contribution is 5.81. The summed E-state index contributed by atoms with van der Waals surface area (Å²) in [7, 11) is 1.52. The summed E-state index contributed by atoms with van der Waals surface area (Å²) in [6.07, 6.45) is 3.68. The fourth-order valence-electron chi connectivity index (χ4n) is 1.92. The van der Waals surface area contributed by atoms with Crippen LogP contribution < -0.4 is 11.1 Å². The van der Waals surface area contributed by atoms with Gasteiger partial charge < -0.3 is 15.8 Å². The first kappa shape index (κ1) is 15.2. The third-order valence-corrected chi connectivity index (χ3v) is 3.08. The first-order valence-electron chi connectivity index (χ1n) is 6.76. The quantitative estimate of drug-likeness (QED) is 0.778. The van der Waals surface area contributed by atoms with Crippen LogP contribution in [-0.4, -0.2) is 35.4 Å². The van der Waals surface area contributed by atoms with Crippen molar-refractivity contribution in [1.29, 1.82) is 0 Å². The number of benzene rings is 1. The van der Waals surface area contributed by atoms with Crippen molar-refractivity contribution in [3.63, 3.8) is 0 Å². The molecule has 0 bridgehead atoms. The Bertz CT molecular complexity index is 552. The molecule has 112 valence electrons. The van der Waals surface area contributed by atoms with Crippen LogP contribution in [0.15, 0.2) is 42.7 Å². The summed E-state index contributed by atoms with van der Waals surface area (Å²) in [4.78, 5) is 11.7. The molecule has 1 amide bonds. The molecule has 6 heteroatoms. The topological polar surface area (TPSA) is 82.2 Å². The molecular weight excluding hydrogens is 268 g/mol. The number of carbonyl (C=O) groups excluding carboxylic acids is 1. The SMILES string of the molecule is COCC(N)C(=O)NCc1ccc(Cn2cccn2)cc1. The van der Waals surface area contributed by atoms with Gasteiger partial charge in [0.2, 0.25) is 5.91 Å². The van der Waals surface area contributed by atoms with Crippen LogP contribution in [0.3, 0.4) is 0 Å². The van der Waals surface area contributed by atoms with Crippen LogP contribution in [-0.2, 0) is 22.6 Å². The number of carbonyl (C=O) groups is 1. The minimum absolute atomic E-state index is 0.211. The lowest BCUT2D eigenvalue weighted by atomic mass is 10.1. The number of aromatic nitrogens is 2. The number of nitrogens with two attached hydrogens (primary N) is 1. The van der Waals surface area contributed by atoms with Gasteiger partial charge in [-0.3, -0.25) is 9.48 Å². The second kappa shape index (κ2) is 7.56. The Morgan fingerprint density at radius 1 is 1.38 bits per heavy atom. The highest BCUT2D eigenvalue weighted by Gasteiger charge is 2.12. The van der Waals surface area contributed by atoms with Gasteiger partial charge in [-0.15, -0.1) is 0 Å². The molecule has 1 unspecified atom stereocenters. The largest absolute Gasteiger partial charge is 0.383 e. The van der Waals surface area contributed by atoms with Gasteiger partial charge in [0.1, 0.15) is 6.04 Å².